The third-order valence-corrected chi connectivity index (χ3v) is 4.62. The fourth-order valence-corrected chi connectivity index (χ4v) is 2.92. The number of hydrogen-bond donors (Lipinski definition) is 2. The Hall–Kier alpha value is -3.92. The van der Waals surface area contributed by atoms with Crippen LogP contribution in [-0.4, -0.2) is 32.9 Å². The van der Waals surface area contributed by atoms with Crippen molar-refractivity contribution < 1.29 is 19.4 Å². The number of nitrogens with zero attached hydrogens (tertiary/aromatic N) is 2. The molecular weight excluding hydrogens is 382 g/mol. The lowest BCUT2D eigenvalue weighted by atomic mass is 10.1. The van der Waals surface area contributed by atoms with Crippen molar-refractivity contribution in [3.8, 4) is 6.07 Å². The molecule has 0 aliphatic carbocycles. The van der Waals surface area contributed by atoms with Crippen LogP contribution in [0.1, 0.15) is 41.5 Å². The van der Waals surface area contributed by atoms with Gasteiger partial charge in [0, 0.05) is 12.0 Å². The maximum atomic E-state index is 12.2. The number of aliphatic hydroxyl groups is 1. The van der Waals surface area contributed by atoms with Crippen LogP contribution in [0.25, 0.3) is 16.6 Å². The summed E-state index contributed by atoms with van der Waals surface area (Å²) >= 11 is 0. The van der Waals surface area contributed by atoms with Crippen LogP contribution in [0.2, 0.25) is 0 Å². The highest BCUT2D eigenvalue weighted by molar-refractivity contribution is 5.97. The van der Waals surface area contributed by atoms with E-state index in [4.69, 9.17) is 4.74 Å². The molecule has 0 unspecified atom stereocenters. The van der Waals surface area contributed by atoms with Gasteiger partial charge in [0.15, 0.2) is 23.5 Å². The van der Waals surface area contributed by atoms with E-state index in [2.05, 4.69) is 9.97 Å². The van der Waals surface area contributed by atoms with Gasteiger partial charge in [0.1, 0.15) is 11.6 Å². The summed E-state index contributed by atoms with van der Waals surface area (Å²) in [5.74, 6) is -1.03. The van der Waals surface area contributed by atoms with Gasteiger partial charge in [-0.2, -0.15) is 5.26 Å². The Bertz CT molecular complexity index is 1120. The molecule has 1 atom stereocenters. The maximum absolute atomic E-state index is 12.2. The summed E-state index contributed by atoms with van der Waals surface area (Å²) in [6.45, 7) is 3.38. The number of benzene rings is 2. The first kappa shape index (κ1) is 20.8. The summed E-state index contributed by atoms with van der Waals surface area (Å²) in [6.07, 6.45) is -1.19. The molecular formula is C23H21N3O4. The zero-order valence-corrected chi connectivity index (χ0v) is 16.7. The Kier molecular flexibility index (Phi) is 6.28. The average molecular weight is 403 g/mol. The number of aromatic amines is 1. The van der Waals surface area contributed by atoms with Crippen molar-refractivity contribution in [2.45, 2.75) is 32.8 Å². The number of fused-ring (bicyclic) bond motifs is 1. The Labute approximate surface area is 173 Å². The van der Waals surface area contributed by atoms with Crippen molar-refractivity contribution >= 4 is 28.4 Å². The minimum Gasteiger partial charge on any atom is -0.507 e. The van der Waals surface area contributed by atoms with Crippen LogP contribution < -0.4 is 0 Å². The highest BCUT2D eigenvalue weighted by Gasteiger charge is 2.21. The van der Waals surface area contributed by atoms with Crippen molar-refractivity contribution in [2.24, 2.45) is 0 Å². The Balaban J connectivity index is 1.65. The number of carbonyl (C=O) groups excluding carboxylic acids is 2. The van der Waals surface area contributed by atoms with Gasteiger partial charge < -0.3 is 14.8 Å². The third-order valence-electron chi connectivity index (χ3n) is 4.62. The largest absolute Gasteiger partial charge is 0.507 e. The fourth-order valence-electron chi connectivity index (χ4n) is 2.92. The quantitative estimate of drug-likeness (QED) is 0.264. The minimum atomic E-state index is -1.06. The van der Waals surface area contributed by atoms with Crippen LogP contribution in [0.4, 0.5) is 0 Å². The number of allylic oxidation sites excluding steroid dienone is 1. The van der Waals surface area contributed by atoms with Crippen LogP contribution in [0.3, 0.4) is 0 Å². The van der Waals surface area contributed by atoms with Crippen molar-refractivity contribution in [1.82, 2.24) is 9.97 Å². The summed E-state index contributed by atoms with van der Waals surface area (Å²) < 4.78 is 5.20. The Morgan fingerprint density at radius 3 is 2.53 bits per heavy atom. The van der Waals surface area contributed by atoms with E-state index in [0.29, 0.717) is 16.6 Å². The second-order valence-corrected chi connectivity index (χ2v) is 6.90. The number of Topliss-reactive ketones (excluding diaryl/α,β-unsaturated/α-hetero) is 1. The molecule has 0 spiro atoms. The molecule has 0 aliphatic rings. The molecule has 3 aromatic rings. The van der Waals surface area contributed by atoms with Crippen LogP contribution >= 0.6 is 0 Å². The van der Waals surface area contributed by atoms with E-state index >= 15 is 0 Å². The van der Waals surface area contributed by atoms with E-state index in [9.17, 15) is 20.0 Å². The molecule has 0 radical (unpaired) electrons. The second kappa shape index (κ2) is 9.05. The van der Waals surface area contributed by atoms with Crippen LogP contribution in [0, 0.1) is 18.3 Å². The number of nitriles is 1. The maximum Gasteiger partial charge on any atom is 0.306 e. The lowest BCUT2D eigenvalue weighted by Crippen LogP contribution is -2.19. The van der Waals surface area contributed by atoms with Crippen LogP contribution in [0.15, 0.2) is 54.3 Å². The van der Waals surface area contributed by atoms with Gasteiger partial charge in [0.25, 0.3) is 0 Å². The zero-order valence-electron chi connectivity index (χ0n) is 16.7. The number of carbonyl (C=O) groups is 2. The van der Waals surface area contributed by atoms with Gasteiger partial charge in [-0.25, -0.2) is 4.98 Å². The van der Waals surface area contributed by atoms with Crippen molar-refractivity contribution in [1.29, 1.82) is 5.26 Å². The molecule has 0 saturated heterocycles. The van der Waals surface area contributed by atoms with E-state index in [-0.39, 0.29) is 30.0 Å². The van der Waals surface area contributed by atoms with E-state index < -0.39 is 17.8 Å². The number of aliphatic hydroxyl groups excluding tert-OH is 1. The normalized spacial score (nSPS) is 12.7. The second-order valence-electron chi connectivity index (χ2n) is 6.90. The van der Waals surface area contributed by atoms with E-state index in [1.54, 1.807) is 24.3 Å². The number of aryl methyl sites for hydroxylation is 1. The van der Waals surface area contributed by atoms with Gasteiger partial charge in [-0.15, -0.1) is 0 Å². The number of esters is 1. The fraction of sp³-hybridized carbons (Fsp3) is 0.217. The van der Waals surface area contributed by atoms with Gasteiger partial charge in [-0.3, -0.25) is 9.59 Å². The molecule has 1 aromatic heterocycles. The molecule has 0 bridgehead atoms. The molecule has 30 heavy (non-hydrogen) atoms. The summed E-state index contributed by atoms with van der Waals surface area (Å²) in [7, 11) is 0. The standard InChI is InChI=1S/C23H21N3O4/c1-14-7-9-16(10-8-14)20(27)11-12-21(28)30-15(2)22(29)17(13-24)23-25-18-5-3-4-6-19(18)26-23/h3-10,15,29H,11-12H2,1-2H3,(H,25,26)/b22-17-/t15-/m1/s1. The van der Waals surface area contributed by atoms with Crippen LogP contribution in [0.5, 0.6) is 0 Å². The molecule has 0 saturated carbocycles. The number of rotatable bonds is 7. The molecule has 152 valence electrons. The summed E-state index contributed by atoms with van der Waals surface area (Å²) in [5, 5.41) is 19.9. The highest BCUT2D eigenvalue weighted by Crippen LogP contribution is 2.21. The first-order valence-corrected chi connectivity index (χ1v) is 9.46. The number of nitrogens with one attached hydrogen (secondary N) is 1. The number of ketones is 1. The average Bonchev–Trinajstić information content (AvgIpc) is 3.16. The zero-order chi connectivity index (χ0) is 21.7. The Morgan fingerprint density at radius 1 is 1.17 bits per heavy atom. The van der Waals surface area contributed by atoms with E-state index in [0.717, 1.165) is 5.56 Å². The number of para-hydroxylation sites is 2. The van der Waals surface area contributed by atoms with Gasteiger partial charge in [-0.1, -0.05) is 42.0 Å². The molecule has 1 heterocycles. The lowest BCUT2D eigenvalue weighted by molar-refractivity contribution is -0.147. The first-order chi connectivity index (χ1) is 14.4. The smallest absolute Gasteiger partial charge is 0.306 e. The van der Waals surface area contributed by atoms with Gasteiger partial charge in [0.05, 0.1) is 17.5 Å². The SMILES string of the molecule is Cc1ccc(C(=O)CCC(=O)O[C@H](C)/C(O)=C(\C#N)c2nc3ccccc3[nH]2)cc1. The molecule has 3 rings (SSSR count). The summed E-state index contributed by atoms with van der Waals surface area (Å²) in [5.41, 5.74) is 2.82. The van der Waals surface area contributed by atoms with E-state index in [1.807, 2.05) is 37.3 Å². The predicted molar refractivity (Wildman–Crippen MR) is 112 cm³/mol. The summed E-state index contributed by atoms with van der Waals surface area (Å²) in [4.78, 5) is 31.6. The molecule has 0 aliphatic heterocycles. The minimum absolute atomic E-state index is 0.00618. The number of imidazole rings is 1. The van der Waals surface area contributed by atoms with Gasteiger partial charge in [0.2, 0.25) is 0 Å². The lowest BCUT2D eigenvalue weighted by Gasteiger charge is -2.13. The third kappa shape index (κ3) is 4.73. The van der Waals surface area contributed by atoms with Gasteiger partial charge >= 0.3 is 5.97 Å². The molecule has 0 amide bonds. The molecule has 2 N–H and O–H groups in total. The number of hydrogen-bond acceptors (Lipinski definition) is 6. The number of H-pyrrole nitrogens is 1. The topological polar surface area (TPSA) is 116 Å². The highest BCUT2D eigenvalue weighted by atomic mass is 16.6. The van der Waals surface area contributed by atoms with E-state index in [1.165, 1.54) is 6.92 Å². The molecule has 7 nitrogen and oxygen atoms in total. The number of aromatic nitrogens is 2. The molecule has 2 aromatic carbocycles. The monoisotopic (exact) mass is 403 g/mol. The molecule has 7 heteroatoms. The van der Waals surface area contributed by atoms with Crippen LogP contribution in [-0.2, 0) is 9.53 Å². The Morgan fingerprint density at radius 2 is 1.87 bits per heavy atom. The first-order valence-electron chi connectivity index (χ1n) is 9.46. The van der Waals surface area contributed by atoms with Gasteiger partial charge in [-0.05, 0) is 26.0 Å². The predicted octanol–water partition coefficient (Wildman–Crippen LogP) is 4.26. The summed E-state index contributed by atoms with van der Waals surface area (Å²) in [6, 6.07) is 16.2. The van der Waals surface area contributed by atoms with Crippen molar-refractivity contribution in [2.75, 3.05) is 0 Å². The number of ether oxygens (including phenoxy) is 1. The van der Waals surface area contributed by atoms with Crippen molar-refractivity contribution in [3.05, 3.63) is 71.2 Å². The molecule has 0 fully saturated rings. The van der Waals surface area contributed by atoms with Crippen molar-refractivity contribution in [3.63, 3.8) is 0 Å².